The monoisotopic (exact) mass is 449 g/mol. The second kappa shape index (κ2) is 11.2. The molecule has 0 bridgehead atoms. The third-order valence-electron chi connectivity index (χ3n) is 4.80. The normalized spacial score (nSPS) is 11.3. The number of nitrogens with zero attached hydrogens (tertiary/aromatic N) is 1. The van der Waals surface area contributed by atoms with Crippen molar-refractivity contribution in [3.8, 4) is 0 Å². The number of rotatable bonds is 10. The van der Waals surface area contributed by atoms with Crippen molar-refractivity contribution in [3.63, 3.8) is 0 Å². The van der Waals surface area contributed by atoms with E-state index in [0.717, 1.165) is 29.6 Å². The highest BCUT2D eigenvalue weighted by molar-refractivity contribution is 7.95. The Balaban J connectivity index is 1.46. The molecular formula is C25H27N3O3S. The zero-order chi connectivity index (χ0) is 22.8. The number of anilines is 2. The van der Waals surface area contributed by atoms with Gasteiger partial charge >= 0.3 is 0 Å². The van der Waals surface area contributed by atoms with Gasteiger partial charge in [-0.2, -0.15) is 0 Å². The van der Waals surface area contributed by atoms with Gasteiger partial charge in [-0.1, -0.05) is 48.5 Å². The van der Waals surface area contributed by atoms with Gasteiger partial charge in [0.25, 0.3) is 15.9 Å². The predicted molar refractivity (Wildman–Crippen MR) is 131 cm³/mol. The first-order chi connectivity index (χ1) is 15.4. The molecule has 0 unspecified atom stereocenters. The summed E-state index contributed by atoms with van der Waals surface area (Å²) < 4.78 is 27.0. The smallest absolute Gasteiger partial charge is 0.255 e. The summed E-state index contributed by atoms with van der Waals surface area (Å²) in [4.78, 5) is 14.5. The molecule has 7 heteroatoms. The molecule has 0 aliphatic rings. The third-order valence-corrected chi connectivity index (χ3v) is 5.81. The lowest BCUT2D eigenvalue weighted by atomic mass is 10.2. The van der Waals surface area contributed by atoms with Gasteiger partial charge in [0.1, 0.15) is 0 Å². The molecule has 1 amide bonds. The Labute approximate surface area is 189 Å². The summed E-state index contributed by atoms with van der Waals surface area (Å²) in [5.74, 6) is -0.189. The average molecular weight is 450 g/mol. The van der Waals surface area contributed by atoms with Gasteiger partial charge in [-0.05, 0) is 54.5 Å². The van der Waals surface area contributed by atoms with Crippen molar-refractivity contribution >= 4 is 33.4 Å². The van der Waals surface area contributed by atoms with Crippen molar-refractivity contribution < 1.29 is 13.2 Å². The molecule has 0 atom stereocenters. The van der Waals surface area contributed by atoms with Gasteiger partial charge in [-0.15, -0.1) is 0 Å². The fourth-order valence-corrected chi connectivity index (χ4v) is 3.92. The van der Waals surface area contributed by atoms with E-state index in [2.05, 4.69) is 14.9 Å². The molecule has 0 fully saturated rings. The highest BCUT2D eigenvalue weighted by Crippen LogP contribution is 2.14. The van der Waals surface area contributed by atoms with Gasteiger partial charge in [-0.25, -0.2) is 8.42 Å². The largest absolute Gasteiger partial charge is 0.375 e. The zero-order valence-electron chi connectivity index (χ0n) is 17.9. The summed E-state index contributed by atoms with van der Waals surface area (Å²) >= 11 is 0. The number of amides is 1. The number of sulfonamides is 1. The highest BCUT2D eigenvalue weighted by atomic mass is 32.2. The van der Waals surface area contributed by atoms with Gasteiger partial charge in [0.05, 0.1) is 5.41 Å². The van der Waals surface area contributed by atoms with E-state index in [1.54, 1.807) is 24.3 Å². The molecule has 3 rings (SSSR count). The van der Waals surface area contributed by atoms with E-state index in [9.17, 15) is 13.2 Å². The summed E-state index contributed by atoms with van der Waals surface area (Å²) in [5, 5.41) is 4.02. The molecule has 0 saturated heterocycles. The second-order valence-corrected chi connectivity index (χ2v) is 8.87. The van der Waals surface area contributed by atoms with Gasteiger partial charge in [-0.3, -0.25) is 9.52 Å². The molecule has 32 heavy (non-hydrogen) atoms. The maximum atomic E-state index is 12.3. The minimum Gasteiger partial charge on any atom is -0.375 e. The molecule has 0 spiro atoms. The number of nitrogens with one attached hydrogen (secondary N) is 2. The molecule has 0 saturated carbocycles. The summed E-state index contributed by atoms with van der Waals surface area (Å²) in [6, 6.07) is 25.6. The van der Waals surface area contributed by atoms with Crippen molar-refractivity contribution in [2.24, 2.45) is 0 Å². The van der Waals surface area contributed by atoms with E-state index < -0.39 is 10.0 Å². The van der Waals surface area contributed by atoms with Crippen LogP contribution in [0.4, 0.5) is 11.4 Å². The molecule has 0 heterocycles. The Morgan fingerprint density at radius 1 is 0.906 bits per heavy atom. The number of benzene rings is 3. The number of hydrogen-bond acceptors (Lipinski definition) is 4. The van der Waals surface area contributed by atoms with E-state index in [4.69, 9.17) is 0 Å². The Morgan fingerprint density at radius 3 is 2.19 bits per heavy atom. The maximum absolute atomic E-state index is 12.3. The molecule has 3 aromatic carbocycles. The van der Waals surface area contributed by atoms with E-state index in [0.29, 0.717) is 17.8 Å². The fourth-order valence-electron chi connectivity index (χ4n) is 3.05. The predicted octanol–water partition coefficient (Wildman–Crippen LogP) is 4.36. The molecule has 0 radical (unpaired) electrons. The van der Waals surface area contributed by atoms with Gasteiger partial charge in [0.2, 0.25) is 0 Å². The standard InChI is InChI=1S/C25H27N3O3S/c1-28(24-11-6-3-7-12-24)19-8-18-26-25(29)22-13-15-23(16-14-22)27-32(30,31)20-17-21-9-4-2-5-10-21/h2-7,9-17,20,27H,8,18-19H2,1H3,(H,26,29)/b20-17-. The van der Waals surface area contributed by atoms with Crippen LogP contribution in [0.3, 0.4) is 0 Å². The number of hydrogen-bond donors (Lipinski definition) is 2. The van der Waals surface area contributed by atoms with Crippen molar-refractivity contribution in [2.45, 2.75) is 6.42 Å². The molecule has 2 N–H and O–H groups in total. The molecule has 166 valence electrons. The first-order valence-corrected chi connectivity index (χ1v) is 11.9. The van der Waals surface area contributed by atoms with Crippen LogP contribution >= 0.6 is 0 Å². The molecule has 6 nitrogen and oxygen atoms in total. The summed E-state index contributed by atoms with van der Waals surface area (Å²) in [5.41, 5.74) is 2.79. The Morgan fingerprint density at radius 2 is 1.53 bits per heavy atom. The zero-order valence-corrected chi connectivity index (χ0v) is 18.8. The SMILES string of the molecule is CN(CCCNC(=O)c1ccc(NS(=O)(=O)/C=C\c2ccccc2)cc1)c1ccccc1. The van der Waals surface area contributed by atoms with Crippen LogP contribution in [0, 0.1) is 0 Å². The quantitative estimate of drug-likeness (QED) is 0.451. The first-order valence-electron chi connectivity index (χ1n) is 10.3. The van der Waals surface area contributed by atoms with E-state index in [-0.39, 0.29) is 5.91 Å². The second-order valence-electron chi connectivity index (χ2n) is 7.30. The topological polar surface area (TPSA) is 78.5 Å². The first kappa shape index (κ1) is 23.1. The maximum Gasteiger partial charge on any atom is 0.255 e. The summed E-state index contributed by atoms with van der Waals surface area (Å²) in [7, 11) is -1.63. The van der Waals surface area contributed by atoms with E-state index >= 15 is 0 Å². The van der Waals surface area contributed by atoms with Crippen molar-refractivity contribution in [1.29, 1.82) is 0 Å². The van der Waals surface area contributed by atoms with Gasteiger partial charge < -0.3 is 10.2 Å². The number of carbonyl (C=O) groups excluding carboxylic acids is 1. The molecular weight excluding hydrogens is 422 g/mol. The Bertz CT molecular complexity index is 1130. The summed E-state index contributed by atoms with van der Waals surface area (Å²) in [6.45, 7) is 1.37. The van der Waals surface area contributed by atoms with Crippen LogP contribution in [0.25, 0.3) is 6.08 Å². The van der Waals surface area contributed by atoms with Crippen LogP contribution in [0.2, 0.25) is 0 Å². The minimum atomic E-state index is -3.65. The molecule has 0 aliphatic heterocycles. The lowest BCUT2D eigenvalue weighted by Gasteiger charge is -2.19. The van der Waals surface area contributed by atoms with Crippen LogP contribution in [0.5, 0.6) is 0 Å². The lowest BCUT2D eigenvalue weighted by Crippen LogP contribution is -2.28. The van der Waals surface area contributed by atoms with Crippen LogP contribution in [-0.2, 0) is 10.0 Å². The fraction of sp³-hybridized carbons (Fsp3) is 0.160. The Kier molecular flexibility index (Phi) is 8.05. The van der Waals surface area contributed by atoms with Crippen molar-refractivity contribution in [1.82, 2.24) is 5.32 Å². The minimum absolute atomic E-state index is 0.189. The van der Waals surface area contributed by atoms with Crippen molar-refractivity contribution in [2.75, 3.05) is 29.8 Å². The van der Waals surface area contributed by atoms with Gasteiger partial charge in [0.15, 0.2) is 0 Å². The van der Waals surface area contributed by atoms with Crippen molar-refractivity contribution in [3.05, 3.63) is 101 Å². The molecule has 0 aliphatic carbocycles. The number of para-hydroxylation sites is 1. The van der Waals surface area contributed by atoms with Crippen LogP contribution < -0.4 is 14.9 Å². The number of carbonyl (C=O) groups is 1. The molecule has 0 aromatic heterocycles. The van der Waals surface area contributed by atoms with Crippen LogP contribution in [0.1, 0.15) is 22.3 Å². The molecule has 3 aromatic rings. The third kappa shape index (κ3) is 7.28. The summed E-state index contributed by atoms with van der Waals surface area (Å²) in [6.07, 6.45) is 2.34. The van der Waals surface area contributed by atoms with E-state index in [1.165, 1.54) is 6.08 Å². The van der Waals surface area contributed by atoms with Crippen LogP contribution in [-0.4, -0.2) is 34.5 Å². The van der Waals surface area contributed by atoms with Crippen LogP contribution in [0.15, 0.2) is 90.3 Å². The highest BCUT2D eigenvalue weighted by Gasteiger charge is 2.09. The van der Waals surface area contributed by atoms with E-state index in [1.807, 2.05) is 67.7 Å². The lowest BCUT2D eigenvalue weighted by molar-refractivity contribution is 0.0953. The Hall–Kier alpha value is -3.58. The average Bonchev–Trinajstić information content (AvgIpc) is 2.82. The van der Waals surface area contributed by atoms with Gasteiger partial charge in [0, 0.05) is 37.1 Å².